The standard InChI is InChI=1S/C20H41NO10/c1-21(2)3-4-24-5-6-25-7-8-26-9-10-27-11-12-28-13-14-29-15-16-30-17-18-31-19-20(22)23/h3-19H2,1-2H3,(H,22,23). The summed E-state index contributed by atoms with van der Waals surface area (Å²) in [6.45, 7) is 8.03. The lowest BCUT2D eigenvalue weighted by molar-refractivity contribution is -0.142. The van der Waals surface area contributed by atoms with Gasteiger partial charge in [-0.05, 0) is 14.1 Å². The summed E-state index contributed by atoms with van der Waals surface area (Å²) in [6, 6.07) is 0. The van der Waals surface area contributed by atoms with Gasteiger partial charge in [0.1, 0.15) is 6.61 Å². The zero-order chi connectivity index (χ0) is 22.8. The van der Waals surface area contributed by atoms with Gasteiger partial charge in [0.2, 0.25) is 0 Å². The molecular weight excluding hydrogens is 414 g/mol. The molecule has 0 spiro atoms. The molecule has 0 amide bonds. The number of hydrogen-bond donors (Lipinski definition) is 1. The van der Waals surface area contributed by atoms with E-state index in [0.717, 1.165) is 6.54 Å². The van der Waals surface area contributed by atoms with Crippen LogP contribution < -0.4 is 0 Å². The van der Waals surface area contributed by atoms with Gasteiger partial charge in [0, 0.05) is 6.54 Å². The van der Waals surface area contributed by atoms with E-state index in [0.29, 0.717) is 92.5 Å². The molecule has 0 bridgehead atoms. The fourth-order valence-electron chi connectivity index (χ4n) is 1.95. The molecule has 0 rings (SSSR count). The van der Waals surface area contributed by atoms with E-state index >= 15 is 0 Å². The molecule has 0 saturated heterocycles. The Hall–Kier alpha value is -0.890. The summed E-state index contributed by atoms with van der Waals surface area (Å²) in [6.07, 6.45) is 0. The van der Waals surface area contributed by atoms with E-state index in [1.165, 1.54) is 0 Å². The van der Waals surface area contributed by atoms with Gasteiger partial charge in [0.05, 0.1) is 99.1 Å². The zero-order valence-electron chi connectivity index (χ0n) is 19.1. The number of likely N-dealkylation sites (N-methyl/N-ethyl adjacent to an activating group) is 1. The van der Waals surface area contributed by atoms with E-state index in [-0.39, 0.29) is 13.2 Å². The van der Waals surface area contributed by atoms with Crippen molar-refractivity contribution >= 4 is 5.97 Å². The Morgan fingerprint density at radius 2 is 0.774 bits per heavy atom. The smallest absolute Gasteiger partial charge is 0.329 e. The van der Waals surface area contributed by atoms with E-state index in [1.807, 2.05) is 14.1 Å². The predicted octanol–water partition coefficient (Wildman–Crippen LogP) is -0.235. The number of carboxylic acid groups (broad SMARTS) is 1. The first kappa shape index (κ1) is 30.1. The number of rotatable bonds is 26. The first-order valence-corrected chi connectivity index (χ1v) is 10.6. The van der Waals surface area contributed by atoms with Crippen LogP contribution in [0.2, 0.25) is 0 Å². The van der Waals surface area contributed by atoms with Crippen LogP contribution in [0.4, 0.5) is 0 Å². The number of ether oxygens (including phenoxy) is 8. The zero-order valence-corrected chi connectivity index (χ0v) is 19.1. The quantitative estimate of drug-likeness (QED) is 0.174. The third-order valence-electron chi connectivity index (χ3n) is 3.51. The Morgan fingerprint density at radius 1 is 0.516 bits per heavy atom. The summed E-state index contributed by atoms with van der Waals surface area (Å²) in [5.41, 5.74) is 0. The van der Waals surface area contributed by atoms with E-state index < -0.39 is 5.97 Å². The van der Waals surface area contributed by atoms with Gasteiger partial charge in [-0.3, -0.25) is 0 Å². The lowest BCUT2D eigenvalue weighted by Gasteiger charge is -2.10. The fraction of sp³-hybridized carbons (Fsp3) is 0.950. The number of aliphatic carboxylic acids is 1. The third kappa shape index (κ3) is 29.1. The molecule has 0 unspecified atom stereocenters. The van der Waals surface area contributed by atoms with Crippen molar-refractivity contribution in [2.45, 2.75) is 0 Å². The maximum atomic E-state index is 10.2. The number of carbonyl (C=O) groups is 1. The summed E-state index contributed by atoms with van der Waals surface area (Å²) < 4.78 is 42.4. The second-order valence-corrected chi connectivity index (χ2v) is 6.54. The molecule has 0 aromatic rings. The summed E-state index contributed by atoms with van der Waals surface area (Å²) in [4.78, 5) is 12.3. The van der Waals surface area contributed by atoms with E-state index in [4.69, 9.17) is 43.0 Å². The van der Waals surface area contributed by atoms with Gasteiger partial charge >= 0.3 is 5.97 Å². The van der Waals surface area contributed by atoms with Gasteiger partial charge in [-0.1, -0.05) is 0 Å². The minimum Gasteiger partial charge on any atom is -0.480 e. The molecule has 0 aliphatic heterocycles. The van der Waals surface area contributed by atoms with Crippen LogP contribution in [0.5, 0.6) is 0 Å². The summed E-state index contributed by atoms with van der Waals surface area (Å²) in [7, 11) is 4.02. The second-order valence-electron chi connectivity index (χ2n) is 6.54. The molecule has 1 N–H and O–H groups in total. The van der Waals surface area contributed by atoms with Gasteiger partial charge in [-0.15, -0.1) is 0 Å². The van der Waals surface area contributed by atoms with Crippen LogP contribution in [0.25, 0.3) is 0 Å². The number of carboxylic acids is 1. The van der Waals surface area contributed by atoms with Crippen LogP contribution >= 0.6 is 0 Å². The van der Waals surface area contributed by atoms with Crippen LogP contribution in [0, 0.1) is 0 Å². The van der Waals surface area contributed by atoms with Gasteiger partial charge < -0.3 is 47.9 Å². The lowest BCUT2D eigenvalue weighted by atomic mass is 10.6. The molecule has 0 heterocycles. The molecule has 0 fully saturated rings. The van der Waals surface area contributed by atoms with Gasteiger partial charge in [-0.25, -0.2) is 4.79 Å². The molecule has 0 radical (unpaired) electrons. The predicted molar refractivity (Wildman–Crippen MR) is 113 cm³/mol. The highest BCUT2D eigenvalue weighted by atomic mass is 16.6. The molecule has 11 nitrogen and oxygen atoms in total. The Morgan fingerprint density at radius 3 is 1.03 bits per heavy atom. The van der Waals surface area contributed by atoms with Crippen molar-refractivity contribution in [3.8, 4) is 0 Å². The van der Waals surface area contributed by atoms with Crippen molar-refractivity contribution in [1.29, 1.82) is 0 Å². The normalized spacial score (nSPS) is 11.5. The van der Waals surface area contributed by atoms with Crippen molar-refractivity contribution in [3.63, 3.8) is 0 Å². The Bertz CT molecular complexity index is 374. The van der Waals surface area contributed by atoms with Crippen molar-refractivity contribution in [1.82, 2.24) is 4.90 Å². The Labute approximate surface area is 185 Å². The van der Waals surface area contributed by atoms with Gasteiger partial charge in [-0.2, -0.15) is 0 Å². The second kappa shape index (κ2) is 25.4. The maximum absolute atomic E-state index is 10.2. The molecule has 0 aromatic carbocycles. The lowest BCUT2D eigenvalue weighted by Crippen LogP contribution is -2.19. The topological polar surface area (TPSA) is 114 Å². The van der Waals surface area contributed by atoms with Crippen molar-refractivity contribution < 1.29 is 47.8 Å². The van der Waals surface area contributed by atoms with E-state index in [9.17, 15) is 4.79 Å². The molecule has 0 aliphatic rings. The Kier molecular flexibility index (Phi) is 24.6. The van der Waals surface area contributed by atoms with Crippen molar-refractivity contribution in [2.24, 2.45) is 0 Å². The first-order chi connectivity index (χ1) is 15.1. The average Bonchev–Trinajstić information content (AvgIpc) is 2.73. The fourth-order valence-corrected chi connectivity index (χ4v) is 1.95. The van der Waals surface area contributed by atoms with Crippen LogP contribution in [-0.2, 0) is 42.7 Å². The highest BCUT2D eigenvalue weighted by Gasteiger charge is 1.97. The Balaban J connectivity index is 3.01. The summed E-state index contributed by atoms with van der Waals surface area (Å²) >= 11 is 0. The minimum atomic E-state index is -0.990. The highest BCUT2D eigenvalue weighted by Crippen LogP contribution is 1.86. The average molecular weight is 456 g/mol. The number of nitrogens with zero attached hydrogens (tertiary/aromatic N) is 1. The molecule has 0 aromatic heterocycles. The molecule has 11 heteroatoms. The molecule has 0 saturated carbocycles. The van der Waals surface area contributed by atoms with Crippen LogP contribution in [0.1, 0.15) is 0 Å². The molecular formula is C20H41NO10. The summed E-state index contributed by atoms with van der Waals surface area (Å²) in [5, 5.41) is 8.38. The van der Waals surface area contributed by atoms with Gasteiger partial charge in [0.25, 0.3) is 0 Å². The third-order valence-corrected chi connectivity index (χ3v) is 3.51. The molecule has 0 atom stereocenters. The highest BCUT2D eigenvalue weighted by molar-refractivity contribution is 5.67. The summed E-state index contributed by atoms with van der Waals surface area (Å²) in [5.74, 6) is -0.990. The minimum absolute atomic E-state index is 0.251. The van der Waals surface area contributed by atoms with Crippen LogP contribution in [0.3, 0.4) is 0 Å². The van der Waals surface area contributed by atoms with E-state index in [1.54, 1.807) is 0 Å². The molecule has 31 heavy (non-hydrogen) atoms. The number of hydrogen-bond acceptors (Lipinski definition) is 10. The molecule has 186 valence electrons. The van der Waals surface area contributed by atoms with Crippen molar-refractivity contribution in [3.05, 3.63) is 0 Å². The van der Waals surface area contributed by atoms with Crippen LogP contribution in [-0.4, -0.2) is 142 Å². The van der Waals surface area contributed by atoms with Crippen LogP contribution in [0.15, 0.2) is 0 Å². The van der Waals surface area contributed by atoms with Crippen molar-refractivity contribution in [2.75, 3.05) is 126 Å². The molecule has 0 aliphatic carbocycles. The van der Waals surface area contributed by atoms with Gasteiger partial charge in [0.15, 0.2) is 0 Å². The maximum Gasteiger partial charge on any atom is 0.329 e. The van der Waals surface area contributed by atoms with E-state index in [2.05, 4.69) is 4.90 Å². The largest absolute Gasteiger partial charge is 0.480 e. The SMILES string of the molecule is CN(C)CCOCCOCCOCCOCCOCCOCCOCCOCC(=O)O. The first-order valence-electron chi connectivity index (χ1n) is 10.6. The monoisotopic (exact) mass is 455 g/mol.